The Kier molecular flexibility index (Phi) is 7.29. The molecule has 24 nitrogen and oxygen atoms in total. The molecular weight excluding hydrogens is 444 g/mol. The van der Waals surface area contributed by atoms with Crippen LogP contribution in [0.15, 0.2) is 0 Å². The van der Waals surface area contributed by atoms with Crippen LogP contribution >= 0.6 is 0 Å². The van der Waals surface area contributed by atoms with Crippen LogP contribution in [0.25, 0.3) is 0 Å². The lowest BCUT2D eigenvalue weighted by Crippen LogP contribution is -2.69. The van der Waals surface area contributed by atoms with Gasteiger partial charge in [0.25, 0.3) is 30.5 Å². The van der Waals surface area contributed by atoms with E-state index in [9.17, 15) is 60.7 Å². The molecule has 0 saturated heterocycles. The Morgan fingerprint density at radius 2 is 0.433 bits per heavy atom. The van der Waals surface area contributed by atoms with Crippen molar-refractivity contribution in [3.8, 4) is 0 Å². The van der Waals surface area contributed by atoms with Gasteiger partial charge in [0, 0.05) is 0 Å². The van der Waals surface area contributed by atoms with E-state index in [1.165, 1.54) is 0 Å². The molecule has 0 amide bonds. The quantitative estimate of drug-likeness (QED) is 0.218. The third-order valence-corrected chi connectivity index (χ3v) is 3.19. The Morgan fingerprint density at radius 3 is 0.500 bits per heavy atom. The molecule has 0 aromatic rings. The molecule has 168 valence electrons. The van der Waals surface area contributed by atoms with Gasteiger partial charge in [-0.05, 0) is 0 Å². The van der Waals surface area contributed by atoms with Gasteiger partial charge in [0.2, 0.25) is 0 Å². The summed E-state index contributed by atoms with van der Waals surface area (Å²) < 4.78 is 0. The fourth-order valence-electron chi connectivity index (χ4n) is 2.44. The van der Waals surface area contributed by atoms with Gasteiger partial charge in [-0.2, -0.15) is 0 Å². The van der Waals surface area contributed by atoms with E-state index in [1.54, 1.807) is 0 Å². The van der Waals surface area contributed by atoms with Crippen LogP contribution in [0.4, 0.5) is 0 Å². The molecule has 30 heavy (non-hydrogen) atoms. The van der Waals surface area contributed by atoms with Gasteiger partial charge in [-0.3, -0.25) is 0 Å². The Balaban J connectivity index is 3.66. The number of hydrogen-bond donors (Lipinski definition) is 0. The predicted octanol–water partition coefficient (Wildman–Crippen LogP) is -2.54. The van der Waals surface area contributed by atoms with Crippen molar-refractivity contribution in [2.24, 2.45) is 0 Å². The molecule has 1 aliphatic carbocycles. The van der Waals surface area contributed by atoms with E-state index in [0.717, 1.165) is 0 Å². The first-order chi connectivity index (χ1) is 13.8. The highest BCUT2D eigenvalue weighted by Crippen LogP contribution is 2.34. The molecule has 0 bridgehead atoms. The lowest BCUT2D eigenvalue weighted by Gasteiger charge is -2.44. The average Bonchev–Trinajstić information content (AvgIpc) is 2.55. The standard InChI is InChI=1S/C6H6N6O18/c13-7(14)25-1-2(26-8(15)16)4(28-10(19)20)6(30-12(23)24)5(29-11(21)22)3(1)27-9(17)18/h1-6H/t1-,2-,3-,4+,5-,6-. The molecular formula is C6H6N6O18. The fraction of sp³-hybridized carbons (Fsp3) is 1.00. The van der Waals surface area contributed by atoms with Crippen molar-refractivity contribution in [1.29, 1.82) is 0 Å². The molecule has 0 atom stereocenters. The SMILES string of the molecule is O=[N+]([O-])O[C@H]1[C@H](O[N+](=O)[O-])[C@@H](O[N+](=O)[O-])[C@H](O[N+](=O)[O-])[C@@H](O[N+](=O)[O-])[C@H]1O[N+](=O)[O-]. The number of rotatable bonds is 12. The maximum atomic E-state index is 10.7. The first-order valence-electron chi connectivity index (χ1n) is 6.70. The minimum absolute atomic E-state index is 1.72. The third kappa shape index (κ3) is 6.13. The Bertz CT molecular complexity index is 559. The molecule has 0 unspecified atom stereocenters. The Morgan fingerprint density at radius 1 is 0.333 bits per heavy atom. The molecule has 1 aliphatic rings. The van der Waals surface area contributed by atoms with Gasteiger partial charge in [-0.1, -0.05) is 0 Å². The van der Waals surface area contributed by atoms with Crippen LogP contribution < -0.4 is 0 Å². The molecule has 0 N–H and O–H groups in total. The Hall–Kier alpha value is -4.80. The summed E-state index contributed by atoms with van der Waals surface area (Å²) in [5, 5.41) is 53.8. The molecule has 1 saturated carbocycles. The molecule has 0 aliphatic heterocycles. The lowest BCUT2D eigenvalue weighted by molar-refractivity contribution is -0.856. The van der Waals surface area contributed by atoms with Crippen molar-refractivity contribution in [2.45, 2.75) is 36.6 Å². The molecule has 0 aromatic carbocycles. The first-order valence-corrected chi connectivity index (χ1v) is 6.70. The second-order valence-corrected chi connectivity index (χ2v) is 4.76. The highest BCUT2D eigenvalue weighted by molar-refractivity contribution is 5.01. The van der Waals surface area contributed by atoms with E-state index in [4.69, 9.17) is 0 Å². The van der Waals surface area contributed by atoms with E-state index >= 15 is 0 Å². The molecule has 0 radical (unpaired) electrons. The van der Waals surface area contributed by atoms with Gasteiger partial charge in [-0.25, -0.2) is 0 Å². The largest absolute Gasteiger partial charge is 0.306 e. The van der Waals surface area contributed by atoms with Gasteiger partial charge >= 0.3 is 0 Å². The highest BCUT2D eigenvalue weighted by atomic mass is 17.0. The summed E-state index contributed by atoms with van der Waals surface area (Å²) in [6.45, 7) is 0. The maximum absolute atomic E-state index is 10.7. The number of nitrogens with zero attached hydrogens (tertiary/aromatic N) is 6. The average molecular weight is 450 g/mol. The molecule has 0 spiro atoms. The van der Waals surface area contributed by atoms with Gasteiger partial charge in [0.1, 0.15) is 0 Å². The number of hydrogen-bond acceptors (Lipinski definition) is 18. The summed E-state index contributed by atoms with van der Waals surface area (Å²) in [5.41, 5.74) is 0. The second-order valence-electron chi connectivity index (χ2n) is 4.76. The van der Waals surface area contributed by atoms with Crippen LogP contribution in [0.1, 0.15) is 0 Å². The highest BCUT2D eigenvalue weighted by Gasteiger charge is 2.61. The van der Waals surface area contributed by atoms with Crippen molar-refractivity contribution in [3.63, 3.8) is 0 Å². The topological polar surface area (TPSA) is 314 Å². The third-order valence-electron chi connectivity index (χ3n) is 3.19. The summed E-state index contributed by atoms with van der Waals surface area (Å²) in [7, 11) is 0. The first kappa shape index (κ1) is 23.2. The zero-order chi connectivity index (χ0) is 23.2. The van der Waals surface area contributed by atoms with Crippen LogP contribution in [0.5, 0.6) is 0 Å². The van der Waals surface area contributed by atoms with E-state index in [1.807, 2.05) is 0 Å². The van der Waals surface area contributed by atoms with Crippen molar-refractivity contribution >= 4 is 0 Å². The van der Waals surface area contributed by atoms with E-state index in [0.29, 0.717) is 0 Å². The van der Waals surface area contributed by atoms with E-state index < -0.39 is 67.1 Å². The summed E-state index contributed by atoms with van der Waals surface area (Å²) in [6.07, 6.45) is -16.5. The van der Waals surface area contributed by atoms with E-state index in [-0.39, 0.29) is 0 Å². The van der Waals surface area contributed by atoms with E-state index in [2.05, 4.69) is 29.0 Å². The van der Waals surface area contributed by atoms with Gasteiger partial charge in [0.15, 0.2) is 36.6 Å². The molecule has 1 rings (SSSR count). The van der Waals surface area contributed by atoms with Gasteiger partial charge in [0.05, 0.1) is 0 Å². The van der Waals surface area contributed by atoms with Crippen molar-refractivity contribution in [2.75, 3.05) is 0 Å². The van der Waals surface area contributed by atoms with Crippen LogP contribution in [-0.4, -0.2) is 67.1 Å². The monoisotopic (exact) mass is 450 g/mol. The van der Waals surface area contributed by atoms with Gasteiger partial charge < -0.3 is 29.0 Å². The zero-order valence-corrected chi connectivity index (χ0v) is 13.5. The molecule has 1 fully saturated rings. The molecule has 0 aromatic heterocycles. The minimum atomic E-state index is -2.75. The summed E-state index contributed by atoms with van der Waals surface area (Å²) in [4.78, 5) is 87.7. The Labute approximate surface area is 158 Å². The lowest BCUT2D eigenvalue weighted by atomic mass is 9.84. The van der Waals surface area contributed by atoms with Crippen LogP contribution in [0, 0.1) is 60.7 Å². The van der Waals surface area contributed by atoms with Crippen LogP contribution in [0.2, 0.25) is 0 Å². The summed E-state index contributed by atoms with van der Waals surface area (Å²) in [6, 6.07) is 0. The van der Waals surface area contributed by atoms with Crippen molar-refractivity contribution < 1.29 is 59.5 Å². The fourth-order valence-corrected chi connectivity index (χ4v) is 2.44. The zero-order valence-electron chi connectivity index (χ0n) is 13.5. The normalized spacial score (nSPS) is 27.6. The molecule has 0 heterocycles. The summed E-state index contributed by atoms with van der Waals surface area (Å²) in [5.74, 6) is 0. The summed E-state index contributed by atoms with van der Waals surface area (Å²) >= 11 is 0. The van der Waals surface area contributed by atoms with Crippen molar-refractivity contribution in [3.05, 3.63) is 60.7 Å². The maximum Gasteiger partial charge on any atom is 0.294 e. The second kappa shape index (κ2) is 9.41. The smallest absolute Gasteiger partial charge is 0.294 e. The van der Waals surface area contributed by atoms with Crippen molar-refractivity contribution in [1.82, 2.24) is 0 Å². The van der Waals surface area contributed by atoms with Gasteiger partial charge in [-0.15, -0.1) is 60.7 Å². The minimum Gasteiger partial charge on any atom is -0.306 e. The van der Waals surface area contributed by atoms with Crippen LogP contribution in [0.3, 0.4) is 0 Å². The molecule has 24 heteroatoms. The predicted molar refractivity (Wildman–Crippen MR) is 71.2 cm³/mol. The van der Waals surface area contributed by atoms with Crippen LogP contribution in [-0.2, 0) is 29.0 Å².